The maximum absolute atomic E-state index is 5.97. The van der Waals surface area contributed by atoms with Crippen LogP contribution in [0.1, 0.15) is 61.3 Å². The Morgan fingerprint density at radius 1 is 0.789 bits per heavy atom. The van der Waals surface area contributed by atoms with Crippen molar-refractivity contribution in [1.82, 2.24) is 0 Å². The molecule has 0 aromatic rings. The molecule has 1 unspecified atom stereocenters. The second-order valence-electron chi connectivity index (χ2n) is 5.44. The molecule has 6 heteroatoms. The van der Waals surface area contributed by atoms with Gasteiger partial charge < -0.3 is 23.4 Å². The molecule has 0 aliphatic heterocycles. The smallest absolute Gasteiger partial charge is 0.349 e. The van der Waals surface area contributed by atoms with Crippen LogP contribution in [-0.4, -0.2) is 33.6 Å². The molecule has 0 aromatic carbocycles. The Bertz CT molecular complexity index is 210. The quantitative estimate of drug-likeness (QED) is 0.496. The van der Waals surface area contributed by atoms with Gasteiger partial charge in [0.2, 0.25) is 0 Å². The van der Waals surface area contributed by atoms with Crippen LogP contribution < -0.4 is 5.73 Å². The predicted molar refractivity (Wildman–Crippen MR) is 78.4 cm³/mol. The largest absolute Gasteiger partial charge is 0.681 e. The molecule has 0 aliphatic rings. The number of hydrogen-bond donors (Lipinski definition) is 1. The molecule has 2 N–H and O–H groups in total. The van der Waals surface area contributed by atoms with Gasteiger partial charge in [-0.1, -0.05) is 13.3 Å². The molecule has 0 bridgehead atoms. The van der Waals surface area contributed by atoms with Crippen LogP contribution in [0.4, 0.5) is 0 Å². The molecule has 19 heavy (non-hydrogen) atoms. The van der Waals surface area contributed by atoms with Gasteiger partial charge in [-0.3, -0.25) is 0 Å². The molecule has 0 saturated heterocycles. The van der Waals surface area contributed by atoms with Crippen molar-refractivity contribution < 1.29 is 17.7 Å². The highest BCUT2D eigenvalue weighted by Gasteiger charge is 2.49. The highest BCUT2D eigenvalue weighted by molar-refractivity contribution is 6.53. The summed E-state index contributed by atoms with van der Waals surface area (Å²) < 4.78 is 23.5. The summed E-state index contributed by atoms with van der Waals surface area (Å²) in [5.74, 6) is 0. The molecule has 0 spiro atoms. The fraction of sp³-hybridized carbons (Fsp3) is 1.00. The molecule has 0 rings (SSSR count). The summed E-state index contributed by atoms with van der Waals surface area (Å²) in [6.07, 6.45) is 1.14. The van der Waals surface area contributed by atoms with Gasteiger partial charge in [-0.15, -0.1) is 0 Å². The molecular formula is C13H31NO4Si. The summed E-state index contributed by atoms with van der Waals surface area (Å²) in [6, 6.07) is 0. The lowest BCUT2D eigenvalue weighted by Crippen LogP contribution is -2.56. The monoisotopic (exact) mass is 293 g/mol. The third-order valence-corrected chi connectivity index (χ3v) is 4.88. The van der Waals surface area contributed by atoms with E-state index in [0.717, 1.165) is 12.8 Å². The summed E-state index contributed by atoms with van der Waals surface area (Å²) in [6.45, 7) is 13.7. The lowest BCUT2D eigenvalue weighted by Gasteiger charge is -2.34. The number of nitrogens with two attached hydrogens (primary N) is 1. The number of hydrogen-bond acceptors (Lipinski definition) is 5. The summed E-state index contributed by atoms with van der Waals surface area (Å²) in [4.78, 5) is 0. The topological polar surface area (TPSA) is 62.9 Å². The van der Waals surface area contributed by atoms with E-state index in [0.29, 0.717) is 0 Å². The van der Waals surface area contributed by atoms with E-state index < -0.39 is 15.3 Å². The zero-order chi connectivity index (χ0) is 15.1. The van der Waals surface area contributed by atoms with E-state index in [4.69, 9.17) is 23.4 Å². The van der Waals surface area contributed by atoms with Gasteiger partial charge in [-0.05, 0) is 48.0 Å². The second kappa shape index (κ2) is 9.04. The van der Waals surface area contributed by atoms with Crippen LogP contribution in [-0.2, 0) is 17.7 Å². The van der Waals surface area contributed by atoms with Crippen molar-refractivity contribution >= 4 is 9.05 Å². The second-order valence-corrected chi connectivity index (χ2v) is 7.39. The van der Waals surface area contributed by atoms with E-state index >= 15 is 0 Å². The van der Waals surface area contributed by atoms with E-state index in [1.807, 2.05) is 41.5 Å². The Labute approximate surface area is 119 Å². The first-order chi connectivity index (χ1) is 8.70. The van der Waals surface area contributed by atoms with E-state index in [1.165, 1.54) is 0 Å². The highest BCUT2D eigenvalue weighted by atomic mass is 28.4. The van der Waals surface area contributed by atoms with Gasteiger partial charge in [0.15, 0.2) is 0 Å². The molecule has 5 nitrogen and oxygen atoms in total. The summed E-state index contributed by atoms with van der Waals surface area (Å²) >= 11 is 0. The number of rotatable bonds is 10. The fourth-order valence-electron chi connectivity index (χ4n) is 1.56. The van der Waals surface area contributed by atoms with Crippen molar-refractivity contribution in [1.29, 1.82) is 0 Å². The minimum Gasteiger partial charge on any atom is -0.349 e. The summed E-state index contributed by atoms with van der Waals surface area (Å²) in [5, 5.41) is 0. The Hall–Kier alpha value is 0.0169. The van der Waals surface area contributed by atoms with Gasteiger partial charge in [-0.2, -0.15) is 0 Å². The van der Waals surface area contributed by atoms with Gasteiger partial charge >= 0.3 is 9.05 Å². The molecule has 0 heterocycles. The van der Waals surface area contributed by atoms with Gasteiger partial charge in [-0.25, -0.2) is 0 Å². The molecule has 0 aromatic heterocycles. The van der Waals surface area contributed by atoms with Crippen LogP contribution in [0.5, 0.6) is 0 Å². The standard InChI is InChI=1S/C13H31NO4Si/c1-8-9-13(14)18-19(15-10(2)3,16-11(4)5)17-12(6)7/h10-13H,8-9,14H2,1-7H3. The fourth-order valence-corrected chi connectivity index (χ4v) is 4.12. The van der Waals surface area contributed by atoms with Crippen LogP contribution in [0.15, 0.2) is 0 Å². The van der Waals surface area contributed by atoms with Crippen LogP contribution >= 0.6 is 0 Å². The molecule has 0 aliphatic carbocycles. The Balaban J connectivity index is 4.97. The van der Waals surface area contributed by atoms with Crippen molar-refractivity contribution in [2.75, 3.05) is 0 Å². The van der Waals surface area contributed by atoms with E-state index in [-0.39, 0.29) is 18.3 Å². The third kappa shape index (κ3) is 8.72. The molecule has 1 atom stereocenters. The van der Waals surface area contributed by atoms with Crippen molar-refractivity contribution in [3.05, 3.63) is 0 Å². The van der Waals surface area contributed by atoms with Crippen molar-refractivity contribution in [3.63, 3.8) is 0 Å². The normalized spacial score (nSPS) is 14.7. The lowest BCUT2D eigenvalue weighted by molar-refractivity contribution is -0.0913. The predicted octanol–water partition coefficient (Wildman–Crippen LogP) is 2.80. The molecule has 0 saturated carbocycles. The zero-order valence-electron chi connectivity index (χ0n) is 13.4. The zero-order valence-corrected chi connectivity index (χ0v) is 14.4. The Kier molecular flexibility index (Phi) is 9.05. The minimum atomic E-state index is -3.21. The molecule has 0 radical (unpaired) electrons. The van der Waals surface area contributed by atoms with Crippen LogP contribution in [0.3, 0.4) is 0 Å². The summed E-state index contributed by atoms with van der Waals surface area (Å²) in [5.41, 5.74) is 5.97. The van der Waals surface area contributed by atoms with Crippen LogP contribution in [0, 0.1) is 0 Å². The van der Waals surface area contributed by atoms with E-state index in [1.54, 1.807) is 0 Å². The van der Waals surface area contributed by atoms with Crippen molar-refractivity contribution in [2.45, 2.75) is 85.8 Å². The van der Waals surface area contributed by atoms with Gasteiger partial charge in [0, 0.05) is 18.3 Å². The van der Waals surface area contributed by atoms with Crippen molar-refractivity contribution in [3.8, 4) is 0 Å². The minimum absolute atomic E-state index is 0.0435. The SMILES string of the molecule is CCCC(N)O[Si](OC(C)C)(OC(C)C)OC(C)C. The maximum atomic E-state index is 5.97. The average molecular weight is 293 g/mol. The first-order valence-corrected chi connectivity index (χ1v) is 8.81. The van der Waals surface area contributed by atoms with Gasteiger partial charge in [0.1, 0.15) is 6.23 Å². The molecular weight excluding hydrogens is 262 g/mol. The van der Waals surface area contributed by atoms with Gasteiger partial charge in [0.05, 0.1) is 0 Å². The van der Waals surface area contributed by atoms with Crippen LogP contribution in [0.25, 0.3) is 0 Å². The lowest BCUT2D eigenvalue weighted by atomic mass is 10.3. The average Bonchev–Trinajstić information content (AvgIpc) is 2.12. The Morgan fingerprint density at radius 2 is 1.16 bits per heavy atom. The first-order valence-electron chi connectivity index (χ1n) is 7.17. The van der Waals surface area contributed by atoms with E-state index in [9.17, 15) is 0 Å². The third-order valence-electron chi connectivity index (χ3n) is 2.01. The molecule has 0 fully saturated rings. The first kappa shape index (κ1) is 19.0. The summed E-state index contributed by atoms with van der Waals surface area (Å²) in [7, 11) is -3.21. The van der Waals surface area contributed by atoms with Gasteiger partial charge in [0.25, 0.3) is 0 Å². The van der Waals surface area contributed by atoms with Crippen LogP contribution in [0.2, 0.25) is 0 Å². The van der Waals surface area contributed by atoms with E-state index in [2.05, 4.69) is 6.92 Å². The molecule has 0 amide bonds. The maximum Gasteiger partial charge on any atom is 0.681 e. The highest BCUT2D eigenvalue weighted by Crippen LogP contribution is 2.20. The Morgan fingerprint density at radius 3 is 1.42 bits per heavy atom. The van der Waals surface area contributed by atoms with Crippen molar-refractivity contribution in [2.24, 2.45) is 5.73 Å². The molecule has 116 valence electrons.